The molecule has 1 N–H and O–H groups in total. The summed E-state index contributed by atoms with van der Waals surface area (Å²) in [4.78, 5) is 31.3. The van der Waals surface area contributed by atoms with Crippen molar-refractivity contribution in [3.05, 3.63) is 71.5 Å². The van der Waals surface area contributed by atoms with Crippen molar-refractivity contribution >= 4 is 34.5 Å². The molecule has 154 valence electrons. The zero-order valence-corrected chi connectivity index (χ0v) is 17.4. The van der Waals surface area contributed by atoms with Gasteiger partial charge in [0.2, 0.25) is 5.91 Å². The van der Waals surface area contributed by atoms with Crippen LogP contribution in [-0.2, 0) is 11.3 Å². The molecule has 0 saturated heterocycles. The van der Waals surface area contributed by atoms with Crippen molar-refractivity contribution in [2.24, 2.45) is 0 Å². The van der Waals surface area contributed by atoms with Gasteiger partial charge in [0.15, 0.2) is 0 Å². The van der Waals surface area contributed by atoms with Crippen LogP contribution in [0.15, 0.2) is 59.6 Å². The third-order valence-electron chi connectivity index (χ3n) is 4.98. The fraction of sp³-hybridized carbons (Fsp3) is 0.261. The molecule has 0 atom stereocenters. The number of amides is 2. The molecule has 1 heterocycles. The van der Waals surface area contributed by atoms with Crippen LogP contribution in [0.2, 0.25) is 0 Å². The summed E-state index contributed by atoms with van der Waals surface area (Å²) in [6.07, 6.45) is 2.03. The van der Waals surface area contributed by atoms with E-state index in [1.807, 2.05) is 24.3 Å². The summed E-state index contributed by atoms with van der Waals surface area (Å²) in [6, 6.07) is 15.9. The Hall–Kier alpha value is -2.93. The van der Waals surface area contributed by atoms with Gasteiger partial charge in [0.1, 0.15) is 5.82 Å². The molecule has 1 saturated carbocycles. The highest BCUT2D eigenvalue weighted by Crippen LogP contribution is 2.26. The van der Waals surface area contributed by atoms with Gasteiger partial charge in [-0.25, -0.2) is 9.37 Å². The van der Waals surface area contributed by atoms with Crippen molar-refractivity contribution in [1.29, 1.82) is 0 Å². The van der Waals surface area contributed by atoms with E-state index in [2.05, 4.69) is 10.3 Å². The second kappa shape index (κ2) is 8.83. The first-order chi connectivity index (χ1) is 14.5. The van der Waals surface area contributed by atoms with E-state index in [0.717, 1.165) is 23.7 Å². The van der Waals surface area contributed by atoms with Gasteiger partial charge in [-0.15, -0.1) is 0 Å². The summed E-state index contributed by atoms with van der Waals surface area (Å²) in [7, 11) is 1.65. The first kappa shape index (κ1) is 20.3. The topological polar surface area (TPSA) is 62.3 Å². The van der Waals surface area contributed by atoms with Crippen LogP contribution >= 0.6 is 11.8 Å². The Labute approximate surface area is 178 Å². The molecule has 1 fully saturated rings. The predicted molar refractivity (Wildman–Crippen MR) is 116 cm³/mol. The van der Waals surface area contributed by atoms with Crippen molar-refractivity contribution < 1.29 is 14.0 Å². The largest absolute Gasteiger partial charge is 0.349 e. The number of hydrogen-bond acceptors (Lipinski definition) is 4. The molecule has 0 spiro atoms. The molecule has 7 heteroatoms. The minimum absolute atomic E-state index is 0.110. The molecule has 1 aromatic heterocycles. The first-order valence-electron chi connectivity index (χ1n) is 9.82. The molecule has 2 amide bonds. The van der Waals surface area contributed by atoms with Crippen LogP contribution in [0.5, 0.6) is 0 Å². The molecular formula is C23H22FN3O2S. The Morgan fingerprint density at radius 3 is 2.67 bits per heavy atom. The summed E-state index contributed by atoms with van der Waals surface area (Å²) in [5, 5.41) is 4.43. The lowest BCUT2D eigenvalue weighted by Gasteiger charge is -2.17. The van der Waals surface area contributed by atoms with Gasteiger partial charge in [-0.2, -0.15) is 0 Å². The highest BCUT2D eigenvalue weighted by molar-refractivity contribution is 7.99. The number of para-hydroxylation sites is 1. The SMILES string of the molecule is CN(Cc1ccccc1F)C(=O)CSc1cc(C(=O)NC2CC2)c2ccccc2n1. The lowest BCUT2D eigenvalue weighted by Crippen LogP contribution is -2.28. The van der Waals surface area contributed by atoms with Gasteiger partial charge in [-0.05, 0) is 31.0 Å². The molecule has 0 bridgehead atoms. The number of carbonyl (C=O) groups is 2. The van der Waals surface area contributed by atoms with E-state index in [4.69, 9.17) is 0 Å². The Kier molecular flexibility index (Phi) is 5.99. The number of benzene rings is 2. The van der Waals surface area contributed by atoms with Gasteiger partial charge in [0, 0.05) is 30.6 Å². The maximum atomic E-state index is 13.8. The number of carbonyl (C=O) groups excluding carboxylic acids is 2. The standard InChI is InChI=1S/C23H22FN3O2S/c1-27(13-15-6-2-4-8-19(15)24)22(28)14-30-21-12-18(23(29)25-16-10-11-16)17-7-3-5-9-20(17)26-21/h2-9,12,16H,10-11,13-14H2,1H3,(H,25,29). The number of pyridine rings is 1. The Balaban J connectivity index is 1.47. The summed E-state index contributed by atoms with van der Waals surface area (Å²) < 4.78 is 13.8. The molecule has 0 unspecified atom stereocenters. The first-order valence-corrected chi connectivity index (χ1v) is 10.8. The molecule has 0 radical (unpaired) electrons. The summed E-state index contributed by atoms with van der Waals surface area (Å²) in [6.45, 7) is 0.201. The van der Waals surface area contributed by atoms with E-state index in [-0.39, 0.29) is 36.0 Å². The van der Waals surface area contributed by atoms with Gasteiger partial charge in [-0.1, -0.05) is 48.2 Å². The molecular weight excluding hydrogens is 401 g/mol. The van der Waals surface area contributed by atoms with Crippen LogP contribution in [-0.4, -0.2) is 40.5 Å². The second-order valence-electron chi connectivity index (χ2n) is 7.40. The second-order valence-corrected chi connectivity index (χ2v) is 8.40. The predicted octanol–water partition coefficient (Wildman–Crippen LogP) is 4.02. The van der Waals surface area contributed by atoms with Gasteiger partial charge in [0.25, 0.3) is 5.91 Å². The minimum atomic E-state index is -0.327. The summed E-state index contributed by atoms with van der Waals surface area (Å²) in [5.74, 6) is -0.421. The third kappa shape index (κ3) is 4.79. The minimum Gasteiger partial charge on any atom is -0.349 e. The van der Waals surface area contributed by atoms with E-state index >= 15 is 0 Å². The van der Waals surface area contributed by atoms with E-state index in [0.29, 0.717) is 16.2 Å². The monoisotopic (exact) mass is 423 g/mol. The Morgan fingerprint density at radius 2 is 1.90 bits per heavy atom. The van der Waals surface area contributed by atoms with E-state index in [9.17, 15) is 14.0 Å². The molecule has 2 aromatic carbocycles. The number of aromatic nitrogens is 1. The van der Waals surface area contributed by atoms with E-state index in [1.165, 1.54) is 22.7 Å². The van der Waals surface area contributed by atoms with Gasteiger partial charge >= 0.3 is 0 Å². The van der Waals surface area contributed by atoms with Gasteiger partial charge in [-0.3, -0.25) is 9.59 Å². The maximum Gasteiger partial charge on any atom is 0.252 e. The fourth-order valence-corrected chi connectivity index (χ4v) is 3.98. The number of fused-ring (bicyclic) bond motifs is 1. The number of nitrogens with one attached hydrogen (secondary N) is 1. The number of thioether (sulfide) groups is 1. The molecule has 3 aromatic rings. The summed E-state index contributed by atoms with van der Waals surface area (Å²) in [5.41, 5.74) is 1.76. The van der Waals surface area contributed by atoms with Crippen molar-refractivity contribution in [2.45, 2.75) is 30.5 Å². The highest BCUT2D eigenvalue weighted by Gasteiger charge is 2.25. The van der Waals surface area contributed by atoms with E-state index in [1.54, 1.807) is 31.3 Å². The number of rotatable bonds is 7. The normalized spacial score (nSPS) is 13.3. The molecule has 5 nitrogen and oxygen atoms in total. The Bertz CT molecular complexity index is 1100. The van der Waals surface area contributed by atoms with Gasteiger partial charge in [0.05, 0.1) is 21.9 Å². The maximum absolute atomic E-state index is 13.8. The van der Waals surface area contributed by atoms with Crippen molar-refractivity contribution in [3.8, 4) is 0 Å². The summed E-state index contributed by atoms with van der Waals surface area (Å²) >= 11 is 1.28. The molecule has 4 rings (SSSR count). The van der Waals surface area contributed by atoms with Crippen molar-refractivity contribution in [2.75, 3.05) is 12.8 Å². The van der Waals surface area contributed by atoms with Gasteiger partial charge < -0.3 is 10.2 Å². The number of hydrogen-bond donors (Lipinski definition) is 1. The quantitative estimate of drug-likeness (QED) is 0.583. The molecule has 30 heavy (non-hydrogen) atoms. The van der Waals surface area contributed by atoms with Crippen LogP contribution in [0.1, 0.15) is 28.8 Å². The average Bonchev–Trinajstić information content (AvgIpc) is 3.56. The molecule has 0 aliphatic heterocycles. The molecule has 1 aliphatic rings. The fourth-order valence-electron chi connectivity index (χ4n) is 3.12. The number of halogens is 1. The van der Waals surface area contributed by atoms with Crippen LogP contribution in [0, 0.1) is 5.82 Å². The lowest BCUT2D eigenvalue weighted by molar-refractivity contribution is -0.127. The van der Waals surface area contributed by atoms with Crippen LogP contribution in [0.3, 0.4) is 0 Å². The molecule has 1 aliphatic carbocycles. The average molecular weight is 424 g/mol. The number of nitrogens with zero attached hydrogens (tertiary/aromatic N) is 2. The van der Waals surface area contributed by atoms with Crippen molar-refractivity contribution in [3.63, 3.8) is 0 Å². The van der Waals surface area contributed by atoms with Crippen molar-refractivity contribution in [1.82, 2.24) is 15.2 Å². The zero-order valence-electron chi connectivity index (χ0n) is 16.6. The highest BCUT2D eigenvalue weighted by atomic mass is 32.2. The van der Waals surface area contributed by atoms with E-state index < -0.39 is 0 Å². The van der Waals surface area contributed by atoms with Crippen LogP contribution in [0.4, 0.5) is 4.39 Å². The van der Waals surface area contributed by atoms with Crippen LogP contribution < -0.4 is 5.32 Å². The smallest absolute Gasteiger partial charge is 0.252 e. The third-order valence-corrected chi connectivity index (χ3v) is 5.88. The van der Waals surface area contributed by atoms with Crippen LogP contribution in [0.25, 0.3) is 10.9 Å². The Morgan fingerprint density at radius 1 is 1.17 bits per heavy atom. The lowest BCUT2D eigenvalue weighted by atomic mass is 10.1. The zero-order chi connectivity index (χ0) is 21.1.